The summed E-state index contributed by atoms with van der Waals surface area (Å²) < 4.78 is 0. The van der Waals surface area contributed by atoms with E-state index < -0.39 is 0 Å². The molecule has 3 rings (SSSR count). The van der Waals surface area contributed by atoms with E-state index in [0.717, 1.165) is 51.7 Å². The SMILES string of the molecule is NC1CCC(C(=O)NC2CCN(Cc3ccc(Cl)c(Cl)c3)CC2)C1. The zero-order chi connectivity index (χ0) is 17.1. The fourth-order valence-corrected chi connectivity index (χ4v) is 4.03. The van der Waals surface area contributed by atoms with Crippen molar-refractivity contribution in [1.82, 2.24) is 10.2 Å². The molecule has 1 aromatic rings. The molecule has 24 heavy (non-hydrogen) atoms. The molecule has 3 N–H and O–H groups in total. The number of carbonyl (C=O) groups is 1. The van der Waals surface area contributed by atoms with Crippen molar-refractivity contribution in [3.8, 4) is 0 Å². The van der Waals surface area contributed by atoms with Crippen LogP contribution in [0.25, 0.3) is 0 Å². The molecule has 0 spiro atoms. The number of amides is 1. The summed E-state index contributed by atoms with van der Waals surface area (Å²) in [4.78, 5) is 14.7. The van der Waals surface area contributed by atoms with Gasteiger partial charge in [0.05, 0.1) is 10.0 Å². The highest BCUT2D eigenvalue weighted by Crippen LogP contribution is 2.26. The van der Waals surface area contributed by atoms with Gasteiger partial charge in [0.2, 0.25) is 5.91 Å². The van der Waals surface area contributed by atoms with Crippen LogP contribution in [-0.2, 0) is 11.3 Å². The Labute approximate surface area is 153 Å². The molecule has 1 heterocycles. The van der Waals surface area contributed by atoms with E-state index in [1.165, 1.54) is 5.56 Å². The molecular formula is C18H25Cl2N3O. The van der Waals surface area contributed by atoms with E-state index in [1.807, 2.05) is 18.2 Å². The van der Waals surface area contributed by atoms with E-state index in [4.69, 9.17) is 28.9 Å². The first-order valence-electron chi connectivity index (χ1n) is 8.73. The highest BCUT2D eigenvalue weighted by molar-refractivity contribution is 6.42. The van der Waals surface area contributed by atoms with E-state index in [0.29, 0.717) is 16.1 Å². The average molecular weight is 370 g/mol. The van der Waals surface area contributed by atoms with Crippen molar-refractivity contribution in [2.45, 2.75) is 50.7 Å². The predicted molar refractivity (Wildman–Crippen MR) is 98.2 cm³/mol. The number of halogens is 2. The van der Waals surface area contributed by atoms with Gasteiger partial charge >= 0.3 is 0 Å². The van der Waals surface area contributed by atoms with E-state index in [-0.39, 0.29) is 17.9 Å². The summed E-state index contributed by atoms with van der Waals surface area (Å²) in [5.41, 5.74) is 7.08. The number of piperidine rings is 1. The van der Waals surface area contributed by atoms with Crippen LogP contribution in [-0.4, -0.2) is 36.0 Å². The summed E-state index contributed by atoms with van der Waals surface area (Å²) in [6.45, 7) is 2.83. The first-order chi connectivity index (χ1) is 11.5. The number of likely N-dealkylation sites (tertiary alicyclic amines) is 1. The lowest BCUT2D eigenvalue weighted by Gasteiger charge is -2.33. The average Bonchev–Trinajstić information content (AvgIpc) is 2.99. The number of hydrogen-bond donors (Lipinski definition) is 2. The normalized spacial score (nSPS) is 25.8. The topological polar surface area (TPSA) is 58.4 Å². The molecule has 2 atom stereocenters. The Hall–Kier alpha value is -0.810. The summed E-state index contributed by atoms with van der Waals surface area (Å²) in [6.07, 6.45) is 4.73. The second-order valence-electron chi connectivity index (χ2n) is 7.08. The molecule has 0 aromatic heterocycles. The number of rotatable bonds is 4. The van der Waals surface area contributed by atoms with Crippen molar-refractivity contribution in [3.05, 3.63) is 33.8 Å². The minimum atomic E-state index is 0.120. The van der Waals surface area contributed by atoms with Crippen LogP contribution in [0.15, 0.2) is 18.2 Å². The highest BCUT2D eigenvalue weighted by atomic mass is 35.5. The van der Waals surface area contributed by atoms with Crippen LogP contribution in [0.5, 0.6) is 0 Å². The molecule has 1 amide bonds. The van der Waals surface area contributed by atoms with Gasteiger partial charge in [0.15, 0.2) is 0 Å². The largest absolute Gasteiger partial charge is 0.353 e. The fraction of sp³-hybridized carbons (Fsp3) is 0.611. The zero-order valence-corrected chi connectivity index (χ0v) is 15.3. The van der Waals surface area contributed by atoms with Crippen molar-refractivity contribution >= 4 is 29.1 Å². The second kappa shape index (κ2) is 8.05. The van der Waals surface area contributed by atoms with Gasteiger partial charge in [-0.15, -0.1) is 0 Å². The predicted octanol–water partition coefficient (Wildman–Crippen LogP) is 3.20. The van der Waals surface area contributed by atoms with Gasteiger partial charge in [-0.05, 0) is 49.8 Å². The molecule has 4 nitrogen and oxygen atoms in total. The van der Waals surface area contributed by atoms with E-state index in [1.54, 1.807) is 0 Å². The third-order valence-corrected chi connectivity index (χ3v) is 5.91. The van der Waals surface area contributed by atoms with Gasteiger partial charge in [0.25, 0.3) is 0 Å². The van der Waals surface area contributed by atoms with Crippen molar-refractivity contribution in [3.63, 3.8) is 0 Å². The standard InChI is InChI=1S/C18H25Cl2N3O/c19-16-4-1-12(9-17(16)20)11-23-7-5-15(6-8-23)22-18(24)13-2-3-14(21)10-13/h1,4,9,13-15H,2-3,5-8,10-11,21H2,(H,22,24). The Bertz CT molecular complexity index is 588. The third kappa shape index (κ3) is 4.63. The number of benzene rings is 1. The quantitative estimate of drug-likeness (QED) is 0.856. The van der Waals surface area contributed by atoms with Crippen molar-refractivity contribution < 1.29 is 4.79 Å². The number of nitrogens with two attached hydrogens (primary N) is 1. The van der Waals surface area contributed by atoms with Crippen molar-refractivity contribution in [2.75, 3.05) is 13.1 Å². The Morgan fingerprint density at radius 1 is 1.17 bits per heavy atom. The van der Waals surface area contributed by atoms with Crippen LogP contribution >= 0.6 is 23.2 Å². The number of carbonyl (C=O) groups excluding carboxylic acids is 1. The Morgan fingerprint density at radius 3 is 2.54 bits per heavy atom. The van der Waals surface area contributed by atoms with Gasteiger partial charge in [-0.25, -0.2) is 0 Å². The molecule has 2 unspecified atom stereocenters. The lowest BCUT2D eigenvalue weighted by molar-refractivity contribution is -0.125. The summed E-state index contributed by atoms with van der Waals surface area (Å²) in [5.74, 6) is 0.320. The molecule has 1 aliphatic carbocycles. The molecule has 1 aliphatic heterocycles. The molecule has 1 aromatic carbocycles. The maximum Gasteiger partial charge on any atom is 0.223 e. The summed E-state index contributed by atoms with van der Waals surface area (Å²) >= 11 is 12.0. The fourth-order valence-electron chi connectivity index (χ4n) is 3.71. The molecule has 0 radical (unpaired) electrons. The Morgan fingerprint density at radius 2 is 1.92 bits per heavy atom. The summed E-state index contributed by atoms with van der Waals surface area (Å²) in [5, 5.41) is 4.42. The lowest BCUT2D eigenvalue weighted by Crippen LogP contribution is -2.46. The van der Waals surface area contributed by atoms with Gasteiger partial charge in [0.1, 0.15) is 0 Å². The van der Waals surface area contributed by atoms with E-state index >= 15 is 0 Å². The van der Waals surface area contributed by atoms with Crippen molar-refractivity contribution in [2.24, 2.45) is 11.7 Å². The van der Waals surface area contributed by atoms with Crippen LogP contribution in [0.1, 0.15) is 37.7 Å². The summed E-state index contributed by atoms with van der Waals surface area (Å²) in [6, 6.07) is 6.29. The molecule has 2 fully saturated rings. The molecular weight excluding hydrogens is 345 g/mol. The maximum absolute atomic E-state index is 12.3. The first kappa shape index (κ1) is 18.0. The number of hydrogen-bond acceptors (Lipinski definition) is 3. The van der Waals surface area contributed by atoms with Gasteiger partial charge in [-0.1, -0.05) is 29.3 Å². The monoisotopic (exact) mass is 369 g/mol. The minimum absolute atomic E-state index is 0.120. The first-order valence-corrected chi connectivity index (χ1v) is 9.49. The Kier molecular flexibility index (Phi) is 6.03. The molecule has 6 heteroatoms. The van der Waals surface area contributed by atoms with Gasteiger partial charge < -0.3 is 11.1 Å². The number of nitrogens with one attached hydrogen (secondary N) is 1. The second-order valence-corrected chi connectivity index (χ2v) is 7.89. The molecule has 132 valence electrons. The zero-order valence-electron chi connectivity index (χ0n) is 13.8. The third-order valence-electron chi connectivity index (χ3n) is 5.17. The van der Waals surface area contributed by atoms with Crippen LogP contribution in [0, 0.1) is 5.92 Å². The molecule has 0 bridgehead atoms. The van der Waals surface area contributed by atoms with Crippen LogP contribution in [0.2, 0.25) is 10.0 Å². The van der Waals surface area contributed by atoms with Crippen LogP contribution in [0.3, 0.4) is 0 Å². The highest BCUT2D eigenvalue weighted by Gasteiger charge is 2.29. The van der Waals surface area contributed by atoms with Crippen molar-refractivity contribution in [1.29, 1.82) is 0 Å². The van der Waals surface area contributed by atoms with Gasteiger partial charge in [-0.2, -0.15) is 0 Å². The minimum Gasteiger partial charge on any atom is -0.353 e. The lowest BCUT2D eigenvalue weighted by atomic mass is 10.0. The van der Waals surface area contributed by atoms with Crippen LogP contribution < -0.4 is 11.1 Å². The van der Waals surface area contributed by atoms with E-state index in [9.17, 15) is 4.79 Å². The molecule has 2 aliphatic rings. The molecule has 1 saturated heterocycles. The van der Waals surface area contributed by atoms with Gasteiger partial charge in [-0.3, -0.25) is 9.69 Å². The van der Waals surface area contributed by atoms with Crippen LogP contribution in [0.4, 0.5) is 0 Å². The van der Waals surface area contributed by atoms with Gasteiger partial charge in [0, 0.05) is 37.6 Å². The molecule has 1 saturated carbocycles. The number of nitrogens with zero attached hydrogens (tertiary/aromatic N) is 1. The Balaban J connectivity index is 1.43. The smallest absolute Gasteiger partial charge is 0.223 e. The summed E-state index contributed by atoms with van der Waals surface area (Å²) in [7, 11) is 0. The maximum atomic E-state index is 12.3. The van der Waals surface area contributed by atoms with E-state index in [2.05, 4.69) is 10.2 Å².